The second-order valence-electron chi connectivity index (χ2n) is 8.54. The molecular formula is C23H28N8O. The molecule has 32 heavy (non-hydrogen) atoms. The fourth-order valence-electron chi connectivity index (χ4n) is 4.35. The van der Waals surface area contributed by atoms with E-state index in [1.807, 2.05) is 12.1 Å². The predicted molar refractivity (Wildman–Crippen MR) is 121 cm³/mol. The van der Waals surface area contributed by atoms with Gasteiger partial charge in [0.05, 0.1) is 18.1 Å². The molecule has 2 aliphatic rings. The highest BCUT2D eigenvalue weighted by molar-refractivity contribution is 5.63. The van der Waals surface area contributed by atoms with Crippen molar-refractivity contribution in [1.82, 2.24) is 20.2 Å². The van der Waals surface area contributed by atoms with Crippen LogP contribution in [0, 0.1) is 29.1 Å². The Morgan fingerprint density at radius 2 is 1.91 bits per heavy atom. The van der Waals surface area contributed by atoms with Crippen LogP contribution in [-0.2, 0) is 0 Å². The van der Waals surface area contributed by atoms with Gasteiger partial charge in [-0.25, -0.2) is 9.97 Å². The van der Waals surface area contributed by atoms with Crippen LogP contribution < -0.4 is 16.4 Å². The van der Waals surface area contributed by atoms with Crippen molar-refractivity contribution in [3.63, 3.8) is 0 Å². The highest BCUT2D eigenvalue weighted by atomic mass is 16.3. The van der Waals surface area contributed by atoms with Gasteiger partial charge in [0.25, 0.3) is 0 Å². The summed E-state index contributed by atoms with van der Waals surface area (Å²) in [6, 6.07) is 4.18. The predicted octanol–water partition coefficient (Wildman–Crippen LogP) is 2.47. The third-order valence-corrected chi connectivity index (χ3v) is 6.08. The normalized spacial score (nSPS) is 21.8. The zero-order valence-corrected chi connectivity index (χ0v) is 18.0. The van der Waals surface area contributed by atoms with Crippen LogP contribution in [0.1, 0.15) is 62.8 Å². The Morgan fingerprint density at radius 1 is 1.06 bits per heavy atom. The lowest BCUT2D eigenvalue weighted by Crippen LogP contribution is -2.35. The first-order valence-corrected chi connectivity index (χ1v) is 11.2. The number of aliphatic hydroxyl groups excluding tert-OH is 1. The first kappa shape index (κ1) is 21.9. The zero-order valence-electron chi connectivity index (χ0n) is 18.0. The maximum absolute atomic E-state index is 10.4. The van der Waals surface area contributed by atoms with Crippen molar-refractivity contribution in [3.8, 4) is 17.9 Å². The molecule has 0 aromatic carbocycles. The van der Waals surface area contributed by atoms with E-state index in [0.29, 0.717) is 17.3 Å². The molecule has 2 aliphatic carbocycles. The first-order chi connectivity index (χ1) is 15.6. The van der Waals surface area contributed by atoms with Crippen molar-refractivity contribution < 1.29 is 5.11 Å². The fraction of sp³-hybridized carbons (Fsp3) is 0.522. The van der Waals surface area contributed by atoms with Crippen molar-refractivity contribution in [1.29, 1.82) is 5.26 Å². The van der Waals surface area contributed by atoms with Gasteiger partial charge >= 0.3 is 0 Å². The summed E-state index contributed by atoms with van der Waals surface area (Å²) in [4.78, 5) is 8.17. The average molecular weight is 433 g/mol. The largest absolute Gasteiger partial charge is 0.380 e. The summed E-state index contributed by atoms with van der Waals surface area (Å²) < 4.78 is 0. The van der Waals surface area contributed by atoms with Gasteiger partial charge in [0.15, 0.2) is 17.2 Å². The van der Waals surface area contributed by atoms with Gasteiger partial charge in [-0.1, -0.05) is 18.8 Å². The number of nitrogens with two attached hydrogens (primary N) is 1. The molecule has 2 aromatic rings. The van der Waals surface area contributed by atoms with Gasteiger partial charge < -0.3 is 21.5 Å². The molecule has 0 aliphatic heterocycles. The topological polar surface area (TPSA) is 146 Å². The van der Waals surface area contributed by atoms with Crippen molar-refractivity contribution in [2.75, 3.05) is 10.6 Å². The van der Waals surface area contributed by atoms with Crippen LogP contribution in [0.3, 0.4) is 0 Å². The van der Waals surface area contributed by atoms with Gasteiger partial charge in [-0.15, -0.1) is 10.2 Å². The molecule has 0 amide bonds. The first-order valence-electron chi connectivity index (χ1n) is 11.2. The molecule has 2 saturated carbocycles. The molecular weight excluding hydrogens is 404 g/mol. The average Bonchev–Trinajstić information content (AvgIpc) is 3.34. The Balaban J connectivity index is 1.55. The molecule has 0 spiro atoms. The SMILES string of the molecule is N#Cc1cnc(Nc2cc(NC3CCCC(N)C3)c(C#CC(O)C3CCCC3)nn2)cn1. The summed E-state index contributed by atoms with van der Waals surface area (Å²) in [5, 5.41) is 34.4. The van der Waals surface area contributed by atoms with Crippen LogP contribution >= 0.6 is 0 Å². The number of nitriles is 1. The van der Waals surface area contributed by atoms with Crippen molar-refractivity contribution in [2.45, 2.75) is 69.6 Å². The summed E-state index contributed by atoms with van der Waals surface area (Å²) in [5.74, 6) is 7.18. The molecule has 5 N–H and O–H groups in total. The van der Waals surface area contributed by atoms with Crippen LogP contribution in [0.5, 0.6) is 0 Å². The Kier molecular flexibility index (Phi) is 7.10. The fourth-order valence-corrected chi connectivity index (χ4v) is 4.35. The smallest absolute Gasteiger partial charge is 0.159 e. The molecule has 2 heterocycles. The van der Waals surface area contributed by atoms with Crippen molar-refractivity contribution >= 4 is 17.3 Å². The van der Waals surface area contributed by atoms with E-state index in [0.717, 1.165) is 57.1 Å². The van der Waals surface area contributed by atoms with Gasteiger partial charge in [0, 0.05) is 18.2 Å². The molecule has 0 bridgehead atoms. The number of nitrogens with one attached hydrogen (secondary N) is 2. The van der Waals surface area contributed by atoms with Gasteiger partial charge in [-0.05, 0) is 50.4 Å². The molecule has 9 nitrogen and oxygen atoms in total. The monoisotopic (exact) mass is 432 g/mol. The van der Waals surface area contributed by atoms with E-state index in [1.165, 1.54) is 12.4 Å². The number of nitrogens with zero attached hydrogens (tertiary/aromatic N) is 5. The lowest BCUT2D eigenvalue weighted by molar-refractivity contribution is 0.165. The summed E-state index contributed by atoms with van der Waals surface area (Å²) in [6.07, 6.45) is 10.6. The number of hydrogen-bond acceptors (Lipinski definition) is 9. The highest BCUT2D eigenvalue weighted by Crippen LogP contribution is 2.28. The molecule has 2 aromatic heterocycles. The molecule has 3 atom stereocenters. The van der Waals surface area contributed by atoms with Crippen LogP contribution in [-0.4, -0.2) is 43.5 Å². The van der Waals surface area contributed by atoms with E-state index in [1.54, 1.807) is 0 Å². The Labute approximate surface area is 187 Å². The minimum Gasteiger partial charge on any atom is -0.380 e. The molecule has 9 heteroatoms. The Morgan fingerprint density at radius 3 is 2.62 bits per heavy atom. The van der Waals surface area contributed by atoms with Crippen molar-refractivity contribution in [2.24, 2.45) is 11.7 Å². The van der Waals surface area contributed by atoms with Crippen LogP contribution in [0.4, 0.5) is 17.3 Å². The minimum atomic E-state index is -0.651. The minimum absolute atomic E-state index is 0.182. The second kappa shape index (κ2) is 10.4. The van der Waals surface area contributed by atoms with E-state index < -0.39 is 6.10 Å². The maximum Gasteiger partial charge on any atom is 0.159 e. The number of hydrogen-bond donors (Lipinski definition) is 4. The van der Waals surface area contributed by atoms with Gasteiger partial charge in [-0.3, -0.25) is 0 Å². The van der Waals surface area contributed by atoms with Crippen molar-refractivity contribution in [3.05, 3.63) is 29.8 Å². The lowest BCUT2D eigenvalue weighted by Gasteiger charge is -2.28. The number of aromatic nitrogens is 4. The third-order valence-electron chi connectivity index (χ3n) is 6.08. The summed E-state index contributed by atoms with van der Waals surface area (Å²) in [5.41, 5.74) is 7.64. The summed E-state index contributed by atoms with van der Waals surface area (Å²) in [7, 11) is 0. The quantitative estimate of drug-likeness (QED) is 0.523. The maximum atomic E-state index is 10.4. The number of anilines is 3. The van der Waals surface area contributed by atoms with Crippen LogP contribution in [0.15, 0.2) is 18.5 Å². The lowest BCUT2D eigenvalue weighted by atomic mass is 9.91. The van der Waals surface area contributed by atoms with Crippen LogP contribution in [0.2, 0.25) is 0 Å². The molecule has 166 valence electrons. The Bertz CT molecular complexity index is 1020. The summed E-state index contributed by atoms with van der Waals surface area (Å²) >= 11 is 0. The summed E-state index contributed by atoms with van der Waals surface area (Å²) in [6.45, 7) is 0. The second-order valence-corrected chi connectivity index (χ2v) is 8.54. The van der Waals surface area contributed by atoms with Gasteiger partial charge in [0.1, 0.15) is 18.0 Å². The number of rotatable bonds is 5. The molecule has 0 saturated heterocycles. The number of aliphatic hydroxyl groups is 1. The van der Waals surface area contributed by atoms with E-state index >= 15 is 0 Å². The zero-order chi connectivity index (χ0) is 22.3. The van der Waals surface area contributed by atoms with E-state index in [4.69, 9.17) is 11.0 Å². The molecule has 4 rings (SSSR count). The van der Waals surface area contributed by atoms with Gasteiger partial charge in [0.2, 0.25) is 0 Å². The third kappa shape index (κ3) is 5.70. The van der Waals surface area contributed by atoms with Crippen LogP contribution in [0.25, 0.3) is 0 Å². The molecule has 2 fully saturated rings. The molecule has 3 unspecified atom stereocenters. The standard InChI is InChI=1S/C23H28N8O/c24-12-18-13-27-23(14-26-18)29-22-11-20(28-17-7-3-6-16(25)10-17)19(30-31-22)8-9-21(32)15-4-1-2-5-15/h11,13-17,21,32H,1-7,10,25H2,(H2,27,28,29,31). The van der Waals surface area contributed by atoms with E-state index in [2.05, 4.69) is 42.6 Å². The van der Waals surface area contributed by atoms with Gasteiger partial charge in [-0.2, -0.15) is 5.26 Å². The molecule has 0 radical (unpaired) electrons. The van der Waals surface area contributed by atoms with E-state index in [9.17, 15) is 5.11 Å². The van der Waals surface area contributed by atoms with E-state index in [-0.39, 0.29) is 23.7 Å². The highest BCUT2D eigenvalue weighted by Gasteiger charge is 2.22. The Hall–Kier alpha value is -3.27.